The molecule has 3 aromatic rings. The molecule has 0 saturated heterocycles. The minimum absolute atomic E-state index is 0.0298. The SMILES string of the molecule is CC(=O)N[C@@H](C)CO[C@H]1C[C@H](Cn2ccc3c(OCc4cc(Cl)ccn4)ncnc32)C1. The van der Waals surface area contributed by atoms with Gasteiger partial charge in [0.25, 0.3) is 0 Å². The maximum atomic E-state index is 11.1. The molecule has 9 heteroatoms. The highest BCUT2D eigenvalue weighted by Gasteiger charge is 2.30. The minimum atomic E-state index is -0.0313. The molecule has 0 aromatic carbocycles. The van der Waals surface area contributed by atoms with Gasteiger partial charge in [0.05, 0.1) is 23.8 Å². The number of rotatable bonds is 9. The van der Waals surface area contributed by atoms with Crippen LogP contribution in [-0.4, -0.2) is 44.2 Å². The van der Waals surface area contributed by atoms with E-state index in [-0.39, 0.29) is 24.7 Å². The Labute approximate surface area is 185 Å². The van der Waals surface area contributed by atoms with Crippen LogP contribution in [0, 0.1) is 5.92 Å². The summed E-state index contributed by atoms with van der Waals surface area (Å²) in [4.78, 5) is 24.1. The molecule has 1 aliphatic carbocycles. The van der Waals surface area contributed by atoms with Crippen molar-refractivity contribution >= 4 is 28.5 Å². The summed E-state index contributed by atoms with van der Waals surface area (Å²) >= 11 is 6.01. The van der Waals surface area contributed by atoms with Gasteiger partial charge in [0.1, 0.15) is 18.6 Å². The summed E-state index contributed by atoms with van der Waals surface area (Å²) in [6, 6.07) is 5.52. The number of halogens is 1. The lowest BCUT2D eigenvalue weighted by molar-refractivity contribution is -0.120. The zero-order valence-corrected chi connectivity index (χ0v) is 18.4. The molecule has 1 atom stereocenters. The van der Waals surface area contributed by atoms with E-state index in [9.17, 15) is 4.79 Å². The second kappa shape index (κ2) is 9.62. The lowest BCUT2D eigenvalue weighted by atomic mass is 9.82. The van der Waals surface area contributed by atoms with Crippen molar-refractivity contribution in [3.8, 4) is 5.88 Å². The Hall–Kier alpha value is -2.71. The Morgan fingerprint density at radius 2 is 2.16 bits per heavy atom. The van der Waals surface area contributed by atoms with Crippen LogP contribution in [0.25, 0.3) is 11.0 Å². The number of carbonyl (C=O) groups is 1. The maximum absolute atomic E-state index is 11.1. The molecular weight excluding hydrogens is 418 g/mol. The monoisotopic (exact) mass is 443 g/mol. The van der Waals surface area contributed by atoms with Gasteiger partial charge >= 0.3 is 0 Å². The summed E-state index contributed by atoms with van der Waals surface area (Å²) in [6.07, 6.45) is 7.46. The summed E-state index contributed by atoms with van der Waals surface area (Å²) < 4.78 is 13.9. The largest absolute Gasteiger partial charge is 0.471 e. The molecule has 0 unspecified atom stereocenters. The van der Waals surface area contributed by atoms with Gasteiger partial charge in [0, 0.05) is 36.9 Å². The van der Waals surface area contributed by atoms with Crippen molar-refractivity contribution in [3.05, 3.63) is 47.6 Å². The topological polar surface area (TPSA) is 91.2 Å². The first-order valence-electron chi connectivity index (χ1n) is 10.4. The fraction of sp³-hybridized carbons (Fsp3) is 0.455. The smallest absolute Gasteiger partial charge is 0.226 e. The van der Waals surface area contributed by atoms with Crippen molar-refractivity contribution in [3.63, 3.8) is 0 Å². The number of pyridine rings is 1. The summed E-state index contributed by atoms with van der Waals surface area (Å²) in [5.74, 6) is 1.04. The molecule has 1 N–H and O–H groups in total. The van der Waals surface area contributed by atoms with Crippen LogP contribution in [-0.2, 0) is 22.7 Å². The lowest BCUT2D eigenvalue weighted by Gasteiger charge is -2.36. The second-order valence-electron chi connectivity index (χ2n) is 8.03. The van der Waals surface area contributed by atoms with E-state index < -0.39 is 0 Å². The van der Waals surface area contributed by atoms with Gasteiger partial charge in [-0.3, -0.25) is 9.78 Å². The fourth-order valence-corrected chi connectivity index (χ4v) is 4.00. The number of hydrogen-bond donors (Lipinski definition) is 1. The van der Waals surface area contributed by atoms with Gasteiger partial charge in [-0.05, 0) is 43.9 Å². The van der Waals surface area contributed by atoms with Crippen LogP contribution in [0.2, 0.25) is 5.02 Å². The van der Waals surface area contributed by atoms with E-state index in [4.69, 9.17) is 21.1 Å². The standard InChI is InChI=1S/C22H26ClN5O3/c1-14(27-15(2)29)11-30-19-7-16(8-19)10-28-6-4-20-21(28)25-13-26-22(20)31-12-18-9-17(23)3-5-24-18/h3-6,9,13-14,16,19H,7-8,10-12H2,1-2H3,(H,27,29)/t14-,16-,19-/m0/s1. The lowest BCUT2D eigenvalue weighted by Crippen LogP contribution is -2.39. The summed E-state index contributed by atoms with van der Waals surface area (Å²) in [7, 11) is 0. The van der Waals surface area contributed by atoms with Gasteiger partial charge in [-0.2, -0.15) is 0 Å². The first kappa shape index (κ1) is 21.5. The molecule has 1 aliphatic rings. The third-order valence-electron chi connectivity index (χ3n) is 5.33. The predicted octanol–water partition coefficient (Wildman–Crippen LogP) is 3.38. The molecular formula is C22H26ClN5O3. The number of carbonyl (C=O) groups excluding carboxylic acids is 1. The average Bonchev–Trinajstić information content (AvgIpc) is 3.11. The Bertz CT molecular complexity index is 1050. The number of fused-ring (bicyclic) bond motifs is 1. The molecule has 1 fully saturated rings. The minimum Gasteiger partial charge on any atom is -0.471 e. The highest BCUT2D eigenvalue weighted by Crippen LogP contribution is 2.33. The van der Waals surface area contributed by atoms with Gasteiger partial charge in [-0.25, -0.2) is 9.97 Å². The van der Waals surface area contributed by atoms with Crippen molar-refractivity contribution in [1.29, 1.82) is 0 Å². The summed E-state index contributed by atoms with van der Waals surface area (Å²) in [5.41, 5.74) is 1.60. The van der Waals surface area contributed by atoms with E-state index in [1.807, 2.05) is 19.2 Å². The molecule has 4 rings (SSSR count). The van der Waals surface area contributed by atoms with Gasteiger partial charge in [0.15, 0.2) is 0 Å². The van der Waals surface area contributed by atoms with E-state index in [1.165, 1.54) is 13.3 Å². The molecule has 0 spiro atoms. The van der Waals surface area contributed by atoms with Crippen LogP contribution in [0.3, 0.4) is 0 Å². The number of nitrogens with one attached hydrogen (secondary N) is 1. The number of hydrogen-bond acceptors (Lipinski definition) is 6. The van der Waals surface area contributed by atoms with E-state index in [0.717, 1.165) is 36.1 Å². The normalized spacial score (nSPS) is 19.1. The fourth-order valence-electron chi connectivity index (χ4n) is 3.82. The van der Waals surface area contributed by atoms with Gasteiger partial charge in [-0.1, -0.05) is 11.6 Å². The van der Waals surface area contributed by atoms with Crippen LogP contribution in [0.15, 0.2) is 36.9 Å². The summed E-state index contributed by atoms with van der Waals surface area (Å²) in [6.45, 7) is 5.17. The molecule has 1 amide bonds. The summed E-state index contributed by atoms with van der Waals surface area (Å²) in [5, 5.41) is 4.34. The molecule has 8 nitrogen and oxygen atoms in total. The Morgan fingerprint density at radius 3 is 2.94 bits per heavy atom. The second-order valence-corrected chi connectivity index (χ2v) is 8.47. The van der Waals surface area contributed by atoms with Crippen LogP contribution >= 0.6 is 11.6 Å². The van der Waals surface area contributed by atoms with Crippen molar-refractivity contribution in [1.82, 2.24) is 24.8 Å². The van der Waals surface area contributed by atoms with Gasteiger partial charge in [0.2, 0.25) is 11.8 Å². The van der Waals surface area contributed by atoms with Crippen LogP contribution in [0.4, 0.5) is 0 Å². The van der Waals surface area contributed by atoms with Crippen LogP contribution in [0.5, 0.6) is 5.88 Å². The number of ether oxygens (including phenoxy) is 2. The molecule has 0 aliphatic heterocycles. The van der Waals surface area contributed by atoms with Crippen molar-refractivity contribution in [2.24, 2.45) is 5.92 Å². The first-order chi connectivity index (χ1) is 15.0. The highest BCUT2D eigenvalue weighted by molar-refractivity contribution is 6.30. The quantitative estimate of drug-likeness (QED) is 0.545. The first-order valence-corrected chi connectivity index (χ1v) is 10.8. The number of aromatic nitrogens is 4. The number of amides is 1. The van der Waals surface area contributed by atoms with Crippen molar-refractivity contribution in [2.75, 3.05) is 6.61 Å². The molecule has 3 aromatic heterocycles. The Morgan fingerprint density at radius 1 is 1.32 bits per heavy atom. The van der Waals surface area contributed by atoms with Crippen LogP contribution < -0.4 is 10.1 Å². The Balaban J connectivity index is 1.31. The van der Waals surface area contributed by atoms with Crippen molar-refractivity contribution < 1.29 is 14.3 Å². The molecule has 31 heavy (non-hydrogen) atoms. The molecule has 1 saturated carbocycles. The maximum Gasteiger partial charge on any atom is 0.226 e. The van der Waals surface area contributed by atoms with E-state index in [2.05, 4.69) is 24.8 Å². The molecule has 0 bridgehead atoms. The van der Waals surface area contributed by atoms with E-state index in [1.54, 1.807) is 18.3 Å². The van der Waals surface area contributed by atoms with Gasteiger partial charge in [-0.15, -0.1) is 0 Å². The Kier molecular flexibility index (Phi) is 6.67. The zero-order valence-electron chi connectivity index (χ0n) is 17.6. The molecule has 164 valence electrons. The zero-order chi connectivity index (χ0) is 21.8. The van der Waals surface area contributed by atoms with E-state index in [0.29, 0.717) is 23.4 Å². The predicted molar refractivity (Wildman–Crippen MR) is 117 cm³/mol. The van der Waals surface area contributed by atoms with Gasteiger partial charge < -0.3 is 19.4 Å². The number of nitrogens with zero attached hydrogens (tertiary/aromatic N) is 4. The molecule has 0 radical (unpaired) electrons. The van der Waals surface area contributed by atoms with Crippen molar-refractivity contribution in [2.45, 2.75) is 52.0 Å². The third kappa shape index (κ3) is 5.51. The third-order valence-corrected chi connectivity index (χ3v) is 5.57. The van der Waals surface area contributed by atoms with E-state index >= 15 is 0 Å². The van der Waals surface area contributed by atoms with Crippen LogP contribution in [0.1, 0.15) is 32.4 Å². The highest BCUT2D eigenvalue weighted by atomic mass is 35.5. The average molecular weight is 444 g/mol. The molecule has 3 heterocycles.